The Morgan fingerprint density at radius 2 is 1.67 bits per heavy atom. The number of aromatic nitrogens is 3. The summed E-state index contributed by atoms with van der Waals surface area (Å²) >= 11 is 0. The normalized spacial score (nSPS) is 12.6. The fraction of sp³-hybridized carbons (Fsp3) is 0.276. The van der Waals surface area contributed by atoms with Crippen LogP contribution in [0.4, 0.5) is 13.2 Å². The smallest absolute Gasteiger partial charge is 0.277 e. The SMILES string of the molecule is COC[C@@H](c1cc(F)cc(F)c1)n1c(COC(C)C)nc(O)c(S(=O)(=O)c2ccc(-c3ccnc(F)c3C)cc2)c1=O. The summed E-state index contributed by atoms with van der Waals surface area (Å²) in [5.41, 5.74) is -0.00959. The minimum absolute atomic E-state index is 0.0395. The van der Waals surface area contributed by atoms with E-state index in [0.717, 1.165) is 16.7 Å². The van der Waals surface area contributed by atoms with E-state index < -0.39 is 49.8 Å². The molecule has 0 spiro atoms. The van der Waals surface area contributed by atoms with Gasteiger partial charge in [0.15, 0.2) is 4.90 Å². The second-order valence-corrected chi connectivity index (χ2v) is 11.6. The molecule has 0 fully saturated rings. The Labute approximate surface area is 240 Å². The molecule has 0 saturated heterocycles. The maximum absolute atomic E-state index is 14.2. The van der Waals surface area contributed by atoms with Crippen LogP contribution in [0.15, 0.2) is 69.3 Å². The van der Waals surface area contributed by atoms with Crippen LogP contribution in [0, 0.1) is 24.5 Å². The lowest BCUT2D eigenvalue weighted by Gasteiger charge is -2.24. The first-order valence-electron chi connectivity index (χ1n) is 12.7. The quantitative estimate of drug-likeness (QED) is 0.259. The first-order chi connectivity index (χ1) is 19.8. The number of rotatable bonds is 10. The average Bonchev–Trinajstić information content (AvgIpc) is 2.92. The summed E-state index contributed by atoms with van der Waals surface area (Å²) in [5, 5.41) is 10.8. The van der Waals surface area contributed by atoms with Gasteiger partial charge in [0.2, 0.25) is 21.7 Å². The Kier molecular flexibility index (Phi) is 9.14. The number of methoxy groups -OCH3 is 1. The van der Waals surface area contributed by atoms with E-state index in [2.05, 4.69) is 9.97 Å². The highest BCUT2D eigenvalue weighted by atomic mass is 32.2. The first kappa shape index (κ1) is 30.9. The van der Waals surface area contributed by atoms with Crippen LogP contribution in [-0.4, -0.2) is 47.9 Å². The van der Waals surface area contributed by atoms with E-state index in [0.29, 0.717) is 17.2 Å². The van der Waals surface area contributed by atoms with Crippen LogP contribution < -0.4 is 5.56 Å². The average molecular weight is 604 g/mol. The van der Waals surface area contributed by atoms with Gasteiger partial charge in [-0.3, -0.25) is 9.36 Å². The largest absolute Gasteiger partial charge is 0.492 e. The Morgan fingerprint density at radius 3 is 2.26 bits per heavy atom. The number of halogens is 3. The van der Waals surface area contributed by atoms with Crippen molar-refractivity contribution in [2.75, 3.05) is 13.7 Å². The van der Waals surface area contributed by atoms with E-state index >= 15 is 0 Å². The van der Waals surface area contributed by atoms with Crippen molar-refractivity contribution in [3.05, 3.63) is 99.6 Å². The number of hydrogen-bond donors (Lipinski definition) is 1. The molecule has 2 aromatic heterocycles. The van der Waals surface area contributed by atoms with Crippen molar-refractivity contribution in [3.63, 3.8) is 0 Å². The lowest BCUT2D eigenvalue weighted by atomic mass is 10.0. The van der Waals surface area contributed by atoms with Crippen LogP contribution in [0.2, 0.25) is 0 Å². The predicted octanol–water partition coefficient (Wildman–Crippen LogP) is 4.73. The third-order valence-electron chi connectivity index (χ3n) is 6.47. The third-order valence-corrected chi connectivity index (χ3v) is 8.26. The molecule has 1 N–H and O–H groups in total. The van der Waals surface area contributed by atoms with Gasteiger partial charge in [-0.05, 0) is 67.8 Å². The molecular weight excluding hydrogens is 575 g/mol. The fourth-order valence-electron chi connectivity index (χ4n) is 4.45. The van der Waals surface area contributed by atoms with E-state index in [4.69, 9.17) is 9.47 Å². The molecule has 0 saturated carbocycles. The van der Waals surface area contributed by atoms with Gasteiger partial charge in [0.05, 0.1) is 23.6 Å². The molecule has 222 valence electrons. The van der Waals surface area contributed by atoms with E-state index in [1.54, 1.807) is 19.9 Å². The molecular formula is C29H28F3N3O6S. The molecule has 0 aliphatic rings. The number of ether oxygens (including phenoxy) is 2. The van der Waals surface area contributed by atoms with Crippen LogP contribution in [0.3, 0.4) is 0 Å². The monoisotopic (exact) mass is 603 g/mol. The van der Waals surface area contributed by atoms with Gasteiger partial charge in [0.25, 0.3) is 5.56 Å². The van der Waals surface area contributed by atoms with E-state index in [1.165, 1.54) is 44.5 Å². The highest BCUT2D eigenvalue weighted by Gasteiger charge is 2.32. The summed E-state index contributed by atoms with van der Waals surface area (Å²) in [4.78, 5) is 20.1. The minimum Gasteiger partial charge on any atom is -0.492 e. The number of hydrogen-bond acceptors (Lipinski definition) is 8. The van der Waals surface area contributed by atoms with Crippen molar-refractivity contribution in [2.45, 2.75) is 49.3 Å². The molecule has 0 bridgehead atoms. The Balaban J connectivity index is 1.90. The van der Waals surface area contributed by atoms with Crippen molar-refractivity contribution < 1.29 is 36.2 Å². The maximum atomic E-state index is 14.2. The van der Waals surface area contributed by atoms with E-state index in [-0.39, 0.29) is 41.2 Å². The van der Waals surface area contributed by atoms with Crippen LogP contribution in [0.1, 0.15) is 36.8 Å². The Morgan fingerprint density at radius 1 is 1.02 bits per heavy atom. The molecule has 0 aliphatic heterocycles. The van der Waals surface area contributed by atoms with Gasteiger partial charge >= 0.3 is 0 Å². The molecule has 42 heavy (non-hydrogen) atoms. The topological polar surface area (TPSA) is 121 Å². The van der Waals surface area contributed by atoms with Crippen molar-refractivity contribution in [3.8, 4) is 17.0 Å². The van der Waals surface area contributed by atoms with Gasteiger partial charge in [-0.15, -0.1) is 0 Å². The van der Waals surface area contributed by atoms with Crippen molar-refractivity contribution in [1.82, 2.24) is 14.5 Å². The lowest BCUT2D eigenvalue weighted by Crippen LogP contribution is -2.35. The van der Waals surface area contributed by atoms with Gasteiger partial charge in [0, 0.05) is 24.9 Å². The highest BCUT2D eigenvalue weighted by Crippen LogP contribution is 2.30. The maximum Gasteiger partial charge on any atom is 0.277 e. The molecule has 2 heterocycles. The Bertz CT molecular complexity index is 1760. The molecule has 4 rings (SSSR count). The summed E-state index contributed by atoms with van der Waals surface area (Å²) in [5.74, 6) is -3.80. The summed E-state index contributed by atoms with van der Waals surface area (Å²) < 4.78 is 81.5. The van der Waals surface area contributed by atoms with E-state index in [9.17, 15) is 31.5 Å². The summed E-state index contributed by atoms with van der Waals surface area (Å²) in [6.07, 6.45) is 0.935. The number of sulfone groups is 1. The first-order valence-corrected chi connectivity index (χ1v) is 14.2. The molecule has 0 amide bonds. The Hall–Kier alpha value is -4.07. The van der Waals surface area contributed by atoms with Gasteiger partial charge in [-0.1, -0.05) is 12.1 Å². The van der Waals surface area contributed by atoms with Crippen molar-refractivity contribution >= 4 is 9.84 Å². The molecule has 0 aliphatic carbocycles. The van der Waals surface area contributed by atoms with Crippen molar-refractivity contribution in [1.29, 1.82) is 0 Å². The molecule has 9 nitrogen and oxygen atoms in total. The molecule has 1 atom stereocenters. The van der Waals surface area contributed by atoms with E-state index in [1.807, 2.05) is 0 Å². The molecule has 2 aromatic carbocycles. The van der Waals surface area contributed by atoms with Gasteiger partial charge in [-0.2, -0.15) is 9.37 Å². The summed E-state index contributed by atoms with van der Waals surface area (Å²) in [7, 11) is -3.40. The zero-order chi connectivity index (χ0) is 30.8. The van der Waals surface area contributed by atoms with Crippen LogP contribution >= 0.6 is 0 Å². The molecule has 13 heteroatoms. The van der Waals surface area contributed by atoms with Crippen LogP contribution in [-0.2, 0) is 25.9 Å². The van der Waals surface area contributed by atoms with Gasteiger partial charge in [0.1, 0.15) is 24.1 Å². The summed E-state index contributed by atoms with van der Waals surface area (Å²) in [6.45, 7) is 4.30. The number of nitrogens with zero attached hydrogens (tertiary/aromatic N) is 3. The fourth-order valence-corrected chi connectivity index (χ4v) is 5.79. The number of pyridine rings is 1. The van der Waals surface area contributed by atoms with Crippen molar-refractivity contribution in [2.24, 2.45) is 0 Å². The van der Waals surface area contributed by atoms with Crippen LogP contribution in [0.25, 0.3) is 11.1 Å². The highest BCUT2D eigenvalue weighted by molar-refractivity contribution is 7.91. The minimum atomic E-state index is -4.70. The predicted molar refractivity (Wildman–Crippen MR) is 146 cm³/mol. The summed E-state index contributed by atoms with van der Waals surface area (Å²) in [6, 6.07) is 8.19. The third kappa shape index (κ3) is 6.22. The second-order valence-electron chi connectivity index (χ2n) is 9.69. The number of aromatic hydroxyl groups is 1. The van der Waals surface area contributed by atoms with Gasteiger partial charge < -0.3 is 14.6 Å². The molecule has 0 unspecified atom stereocenters. The standard InChI is InChI=1S/C29H28F3N3O6S/c1-16(2)41-15-25-34-28(36)26(29(37)35(25)24(14-40-4)19-11-20(30)13-21(31)12-19)42(38,39)22-7-5-18(6-8-22)23-9-10-33-27(32)17(23)3/h5-13,16,24,36H,14-15H2,1-4H3/t24-/m0/s1. The second kappa shape index (κ2) is 12.4. The zero-order valence-electron chi connectivity index (χ0n) is 23.1. The van der Waals surface area contributed by atoms with Gasteiger partial charge in [-0.25, -0.2) is 22.2 Å². The molecule has 4 aromatic rings. The molecule has 0 radical (unpaired) electrons. The zero-order valence-corrected chi connectivity index (χ0v) is 24.0. The van der Waals surface area contributed by atoms with Crippen LogP contribution in [0.5, 0.6) is 5.88 Å². The lowest BCUT2D eigenvalue weighted by molar-refractivity contribution is 0.0557. The number of benzene rings is 2.